The number of nitrogens with zero attached hydrogens (tertiary/aromatic N) is 4. The molecule has 0 amide bonds. The van der Waals surface area contributed by atoms with Gasteiger partial charge in [-0.25, -0.2) is 4.98 Å². The summed E-state index contributed by atoms with van der Waals surface area (Å²) in [5.74, 6) is 2.53. The van der Waals surface area contributed by atoms with E-state index in [1.54, 1.807) is 20.4 Å². The van der Waals surface area contributed by atoms with Crippen LogP contribution >= 0.6 is 0 Å². The summed E-state index contributed by atoms with van der Waals surface area (Å²) >= 11 is 0. The lowest BCUT2D eigenvalue weighted by molar-refractivity contribution is 0.355. The zero-order valence-electron chi connectivity index (χ0n) is 17.1. The predicted octanol–water partition coefficient (Wildman–Crippen LogP) is 4.46. The van der Waals surface area contributed by atoms with Gasteiger partial charge in [0.15, 0.2) is 17.2 Å². The third-order valence-electron chi connectivity index (χ3n) is 4.67. The zero-order valence-corrected chi connectivity index (χ0v) is 17.1. The van der Waals surface area contributed by atoms with Crippen LogP contribution in [0, 0.1) is 13.8 Å². The molecule has 0 atom stereocenters. The van der Waals surface area contributed by atoms with Gasteiger partial charge in [-0.15, -0.1) is 0 Å². The molecular formula is C22H22N4O3. The highest BCUT2D eigenvalue weighted by Crippen LogP contribution is 2.38. The third-order valence-corrected chi connectivity index (χ3v) is 4.67. The number of aromatic nitrogens is 4. The van der Waals surface area contributed by atoms with E-state index in [0.29, 0.717) is 23.0 Å². The maximum absolute atomic E-state index is 6.33. The van der Waals surface area contributed by atoms with Crippen LogP contribution in [0.1, 0.15) is 11.4 Å². The highest BCUT2D eigenvalue weighted by atomic mass is 16.5. The number of rotatable bonds is 5. The molecule has 3 heterocycles. The van der Waals surface area contributed by atoms with Crippen molar-refractivity contribution in [2.75, 3.05) is 14.2 Å². The van der Waals surface area contributed by atoms with E-state index in [4.69, 9.17) is 19.2 Å². The molecule has 7 nitrogen and oxygen atoms in total. The molecule has 0 saturated heterocycles. The van der Waals surface area contributed by atoms with Gasteiger partial charge in [0, 0.05) is 30.4 Å². The van der Waals surface area contributed by atoms with Gasteiger partial charge in [-0.3, -0.25) is 9.67 Å². The Morgan fingerprint density at radius 3 is 2.28 bits per heavy atom. The molecular weight excluding hydrogens is 368 g/mol. The molecule has 0 unspecified atom stereocenters. The van der Waals surface area contributed by atoms with E-state index in [1.165, 1.54) is 0 Å². The number of fused-ring (bicyclic) bond motifs is 1. The Bertz CT molecular complexity index is 1200. The van der Waals surface area contributed by atoms with E-state index in [2.05, 4.69) is 10.1 Å². The van der Waals surface area contributed by atoms with Crippen molar-refractivity contribution in [3.8, 4) is 34.4 Å². The molecule has 0 bridgehead atoms. The summed E-state index contributed by atoms with van der Waals surface area (Å²) in [4.78, 5) is 9.14. The van der Waals surface area contributed by atoms with Gasteiger partial charge in [0.2, 0.25) is 0 Å². The Hall–Kier alpha value is -3.61. The maximum atomic E-state index is 6.33. The van der Waals surface area contributed by atoms with Crippen molar-refractivity contribution in [1.29, 1.82) is 0 Å². The van der Waals surface area contributed by atoms with Gasteiger partial charge in [0.05, 0.1) is 31.1 Å². The number of aryl methyl sites for hydroxylation is 3. The molecule has 148 valence electrons. The minimum Gasteiger partial charge on any atom is -0.493 e. The second kappa shape index (κ2) is 7.43. The summed E-state index contributed by atoms with van der Waals surface area (Å²) in [6.45, 7) is 3.91. The highest BCUT2D eigenvalue weighted by molar-refractivity contribution is 5.88. The lowest BCUT2D eigenvalue weighted by Gasteiger charge is -2.14. The smallest absolute Gasteiger partial charge is 0.162 e. The number of benzene rings is 1. The number of ether oxygens (including phenoxy) is 3. The molecule has 0 aliphatic rings. The van der Waals surface area contributed by atoms with E-state index in [0.717, 1.165) is 33.7 Å². The Morgan fingerprint density at radius 1 is 0.828 bits per heavy atom. The quantitative estimate of drug-likeness (QED) is 0.501. The van der Waals surface area contributed by atoms with Crippen LogP contribution in [0.4, 0.5) is 0 Å². The minimum atomic E-state index is 0.613. The van der Waals surface area contributed by atoms with Crippen LogP contribution in [0.3, 0.4) is 0 Å². The second-order valence-electron chi connectivity index (χ2n) is 6.73. The van der Waals surface area contributed by atoms with E-state index in [1.807, 2.05) is 62.0 Å². The normalized spacial score (nSPS) is 10.9. The summed E-state index contributed by atoms with van der Waals surface area (Å²) in [5.41, 5.74) is 4.19. The van der Waals surface area contributed by atoms with E-state index >= 15 is 0 Å². The first kappa shape index (κ1) is 18.7. The molecule has 0 radical (unpaired) electrons. The van der Waals surface area contributed by atoms with Crippen molar-refractivity contribution < 1.29 is 14.2 Å². The first-order chi connectivity index (χ1) is 14.0. The Balaban J connectivity index is 1.85. The fourth-order valence-corrected chi connectivity index (χ4v) is 3.30. The lowest BCUT2D eigenvalue weighted by atomic mass is 10.1. The SMILES string of the molecule is COc1cc2nccc(Oc3ccc(C)nc3-c3cc(C)nn3C)c2cc1OC. The molecule has 1 aromatic carbocycles. The number of methoxy groups -OCH3 is 2. The van der Waals surface area contributed by atoms with Crippen LogP contribution in [0.25, 0.3) is 22.3 Å². The highest BCUT2D eigenvalue weighted by Gasteiger charge is 2.17. The van der Waals surface area contributed by atoms with Gasteiger partial charge in [-0.1, -0.05) is 0 Å². The van der Waals surface area contributed by atoms with Crippen molar-refractivity contribution in [3.05, 3.63) is 54.0 Å². The van der Waals surface area contributed by atoms with Crippen molar-refractivity contribution in [3.63, 3.8) is 0 Å². The molecule has 0 aliphatic carbocycles. The maximum Gasteiger partial charge on any atom is 0.162 e. The van der Waals surface area contributed by atoms with E-state index in [-0.39, 0.29) is 0 Å². The number of hydrogen-bond donors (Lipinski definition) is 0. The van der Waals surface area contributed by atoms with Gasteiger partial charge in [0.1, 0.15) is 11.4 Å². The monoisotopic (exact) mass is 390 g/mol. The molecule has 0 spiro atoms. The number of pyridine rings is 2. The van der Waals surface area contributed by atoms with E-state index < -0.39 is 0 Å². The van der Waals surface area contributed by atoms with Gasteiger partial charge < -0.3 is 14.2 Å². The topological polar surface area (TPSA) is 71.3 Å². The molecule has 0 saturated carbocycles. The van der Waals surface area contributed by atoms with Crippen molar-refractivity contribution >= 4 is 10.9 Å². The molecule has 0 aliphatic heterocycles. The minimum absolute atomic E-state index is 0.613. The van der Waals surface area contributed by atoms with Crippen molar-refractivity contribution in [1.82, 2.24) is 19.7 Å². The van der Waals surface area contributed by atoms with Gasteiger partial charge in [-0.2, -0.15) is 5.10 Å². The summed E-state index contributed by atoms with van der Waals surface area (Å²) in [6, 6.07) is 11.4. The molecule has 0 N–H and O–H groups in total. The summed E-state index contributed by atoms with van der Waals surface area (Å²) in [6.07, 6.45) is 1.71. The second-order valence-corrected chi connectivity index (χ2v) is 6.73. The fraction of sp³-hybridized carbons (Fsp3) is 0.227. The molecule has 3 aromatic heterocycles. The molecule has 4 rings (SSSR count). The fourth-order valence-electron chi connectivity index (χ4n) is 3.30. The molecule has 29 heavy (non-hydrogen) atoms. The molecule has 0 fully saturated rings. The van der Waals surface area contributed by atoms with E-state index in [9.17, 15) is 0 Å². The Morgan fingerprint density at radius 2 is 1.59 bits per heavy atom. The first-order valence-electron chi connectivity index (χ1n) is 9.17. The van der Waals surface area contributed by atoms with Crippen molar-refractivity contribution in [2.45, 2.75) is 13.8 Å². The van der Waals surface area contributed by atoms with Gasteiger partial charge >= 0.3 is 0 Å². The van der Waals surface area contributed by atoms with Crippen molar-refractivity contribution in [2.24, 2.45) is 7.05 Å². The summed E-state index contributed by atoms with van der Waals surface area (Å²) < 4.78 is 19.0. The third kappa shape index (κ3) is 3.47. The standard InChI is InChI=1S/C22H22N4O3/c1-13-6-7-19(22(24-13)17-10-14(2)25-26(17)3)29-18-8-9-23-16-12-21(28-5)20(27-4)11-15(16)18/h6-12H,1-5H3. The van der Waals surface area contributed by atoms with Crippen LogP contribution in [-0.4, -0.2) is 34.0 Å². The average molecular weight is 390 g/mol. The van der Waals surface area contributed by atoms with Gasteiger partial charge in [0.25, 0.3) is 0 Å². The molecule has 4 aromatic rings. The van der Waals surface area contributed by atoms with Crippen LogP contribution < -0.4 is 14.2 Å². The van der Waals surface area contributed by atoms with Crippen LogP contribution in [0.2, 0.25) is 0 Å². The summed E-state index contributed by atoms with van der Waals surface area (Å²) in [5, 5.41) is 5.26. The average Bonchev–Trinajstić information content (AvgIpc) is 3.06. The van der Waals surface area contributed by atoms with Crippen LogP contribution in [-0.2, 0) is 7.05 Å². The van der Waals surface area contributed by atoms with Crippen LogP contribution in [0.15, 0.2) is 42.6 Å². The predicted molar refractivity (Wildman–Crippen MR) is 111 cm³/mol. The van der Waals surface area contributed by atoms with Gasteiger partial charge in [-0.05, 0) is 44.2 Å². The zero-order chi connectivity index (χ0) is 20.5. The Kier molecular flexibility index (Phi) is 4.80. The lowest BCUT2D eigenvalue weighted by Crippen LogP contribution is -1.99. The Labute approximate surface area is 168 Å². The summed E-state index contributed by atoms with van der Waals surface area (Å²) in [7, 11) is 5.10. The first-order valence-corrected chi connectivity index (χ1v) is 9.17. The molecule has 7 heteroatoms. The largest absolute Gasteiger partial charge is 0.493 e. The van der Waals surface area contributed by atoms with Crippen LogP contribution in [0.5, 0.6) is 23.0 Å². The number of hydrogen-bond acceptors (Lipinski definition) is 6.